The van der Waals surface area contributed by atoms with Crippen LogP contribution in [0.2, 0.25) is 5.02 Å². The average Bonchev–Trinajstić information content (AvgIpc) is 2.26. The van der Waals surface area contributed by atoms with Gasteiger partial charge >= 0.3 is 5.97 Å². The topological polar surface area (TPSA) is 46.5 Å². The molecule has 0 aromatic heterocycles. The maximum atomic E-state index is 10.9. The Morgan fingerprint density at radius 1 is 1.50 bits per heavy atom. The second-order valence-corrected chi connectivity index (χ2v) is 5.90. The molecular formula is C13H17ClO3S. The Kier molecular flexibility index (Phi) is 4.93. The first kappa shape index (κ1) is 15.2. The van der Waals surface area contributed by atoms with Crippen LogP contribution < -0.4 is 4.74 Å². The lowest BCUT2D eigenvalue weighted by atomic mass is 9.81. The van der Waals surface area contributed by atoms with Gasteiger partial charge in [-0.2, -0.15) is 0 Å². The van der Waals surface area contributed by atoms with Crippen molar-refractivity contribution in [2.24, 2.45) is 0 Å². The predicted octanol–water partition coefficient (Wildman–Crippen LogP) is 3.82. The molecule has 0 amide bonds. The van der Waals surface area contributed by atoms with Gasteiger partial charge in [0.15, 0.2) is 5.75 Å². The molecule has 3 nitrogen and oxygen atoms in total. The molecule has 100 valence electrons. The van der Waals surface area contributed by atoms with E-state index >= 15 is 0 Å². The zero-order valence-corrected chi connectivity index (χ0v) is 12.5. The highest BCUT2D eigenvalue weighted by atomic mass is 35.5. The Labute approximate surface area is 116 Å². The Hall–Kier alpha value is -0.870. The third-order valence-electron chi connectivity index (χ3n) is 2.81. The SMILES string of the molecule is COc1c(Cl)cc(C(C)(C)CC(=O)O)cc1SC. The van der Waals surface area contributed by atoms with Crippen LogP contribution in [-0.2, 0) is 10.2 Å². The van der Waals surface area contributed by atoms with E-state index in [0.717, 1.165) is 10.5 Å². The number of carboxylic acids is 1. The van der Waals surface area contributed by atoms with Gasteiger partial charge in [-0.25, -0.2) is 0 Å². The first-order valence-corrected chi connectivity index (χ1v) is 7.06. The second-order valence-electron chi connectivity index (χ2n) is 4.65. The largest absolute Gasteiger partial charge is 0.494 e. The molecule has 0 saturated carbocycles. The Balaban J connectivity index is 3.26. The third kappa shape index (κ3) is 3.33. The first-order chi connectivity index (χ1) is 8.31. The average molecular weight is 289 g/mol. The van der Waals surface area contributed by atoms with Gasteiger partial charge in [-0.05, 0) is 24.0 Å². The summed E-state index contributed by atoms with van der Waals surface area (Å²) in [7, 11) is 1.57. The highest BCUT2D eigenvalue weighted by molar-refractivity contribution is 7.98. The highest BCUT2D eigenvalue weighted by Crippen LogP contribution is 2.40. The van der Waals surface area contributed by atoms with Crippen LogP contribution in [0.1, 0.15) is 25.8 Å². The number of carboxylic acid groups (broad SMARTS) is 1. The molecule has 0 radical (unpaired) electrons. The van der Waals surface area contributed by atoms with E-state index in [-0.39, 0.29) is 6.42 Å². The third-order valence-corrected chi connectivity index (χ3v) is 3.83. The van der Waals surface area contributed by atoms with Gasteiger partial charge in [0.25, 0.3) is 0 Å². The number of halogens is 1. The molecule has 0 heterocycles. The van der Waals surface area contributed by atoms with Crippen LogP contribution in [0.4, 0.5) is 0 Å². The van der Waals surface area contributed by atoms with Crippen molar-refractivity contribution in [2.75, 3.05) is 13.4 Å². The van der Waals surface area contributed by atoms with Crippen LogP contribution >= 0.6 is 23.4 Å². The van der Waals surface area contributed by atoms with Crippen molar-refractivity contribution in [2.45, 2.75) is 30.6 Å². The molecule has 0 aliphatic rings. The number of ether oxygens (including phenoxy) is 1. The number of hydrogen-bond acceptors (Lipinski definition) is 3. The number of thioether (sulfide) groups is 1. The number of benzene rings is 1. The summed E-state index contributed by atoms with van der Waals surface area (Å²) in [5, 5.41) is 9.46. The van der Waals surface area contributed by atoms with Crippen LogP contribution in [-0.4, -0.2) is 24.4 Å². The highest BCUT2D eigenvalue weighted by Gasteiger charge is 2.26. The fourth-order valence-electron chi connectivity index (χ4n) is 1.79. The summed E-state index contributed by atoms with van der Waals surface area (Å²) < 4.78 is 5.25. The zero-order valence-electron chi connectivity index (χ0n) is 10.9. The molecule has 1 rings (SSSR count). The van der Waals surface area contributed by atoms with Gasteiger partial charge < -0.3 is 9.84 Å². The molecule has 0 aliphatic heterocycles. The van der Waals surface area contributed by atoms with Gasteiger partial charge in [-0.15, -0.1) is 11.8 Å². The van der Waals surface area contributed by atoms with Crippen LogP contribution in [0.25, 0.3) is 0 Å². The van der Waals surface area contributed by atoms with Crippen LogP contribution in [0.15, 0.2) is 17.0 Å². The monoisotopic (exact) mass is 288 g/mol. The van der Waals surface area contributed by atoms with Crippen LogP contribution in [0.3, 0.4) is 0 Å². The van der Waals surface area contributed by atoms with E-state index in [1.165, 1.54) is 11.8 Å². The number of rotatable bonds is 5. The summed E-state index contributed by atoms with van der Waals surface area (Å²) in [6.07, 6.45) is 1.99. The van der Waals surface area contributed by atoms with Gasteiger partial charge in [-0.3, -0.25) is 4.79 Å². The number of methoxy groups -OCH3 is 1. The quantitative estimate of drug-likeness (QED) is 0.837. The smallest absolute Gasteiger partial charge is 0.304 e. The number of aliphatic carboxylic acids is 1. The summed E-state index contributed by atoms with van der Waals surface area (Å²) in [6, 6.07) is 3.72. The molecule has 0 spiro atoms. The first-order valence-electron chi connectivity index (χ1n) is 5.45. The van der Waals surface area contributed by atoms with Crippen molar-refractivity contribution in [3.63, 3.8) is 0 Å². The van der Waals surface area contributed by atoms with E-state index < -0.39 is 11.4 Å². The molecule has 18 heavy (non-hydrogen) atoms. The molecule has 0 saturated heterocycles. The lowest BCUT2D eigenvalue weighted by molar-refractivity contribution is -0.138. The summed E-state index contributed by atoms with van der Waals surface area (Å²) in [6.45, 7) is 3.78. The molecule has 0 fully saturated rings. The molecule has 0 bridgehead atoms. The Bertz CT molecular complexity index is 458. The fourth-order valence-corrected chi connectivity index (χ4v) is 2.76. The lowest BCUT2D eigenvalue weighted by Gasteiger charge is -2.24. The van der Waals surface area contributed by atoms with Crippen LogP contribution in [0.5, 0.6) is 5.75 Å². The molecular weight excluding hydrogens is 272 g/mol. The number of hydrogen-bond donors (Lipinski definition) is 1. The standard InChI is InChI=1S/C13H17ClO3S/c1-13(2,7-11(15)16)8-5-9(14)12(17-3)10(6-8)18-4/h5-6H,7H2,1-4H3,(H,15,16). The van der Waals surface area contributed by atoms with E-state index in [1.807, 2.05) is 26.2 Å². The zero-order chi connectivity index (χ0) is 13.9. The van der Waals surface area contributed by atoms with E-state index in [4.69, 9.17) is 21.4 Å². The van der Waals surface area contributed by atoms with Gasteiger partial charge in [-0.1, -0.05) is 25.4 Å². The molecule has 5 heteroatoms. The van der Waals surface area contributed by atoms with Crippen molar-refractivity contribution in [1.29, 1.82) is 0 Å². The normalized spacial score (nSPS) is 11.4. The maximum absolute atomic E-state index is 10.9. The Morgan fingerprint density at radius 2 is 2.11 bits per heavy atom. The molecule has 0 unspecified atom stereocenters. The van der Waals surface area contributed by atoms with E-state index in [9.17, 15) is 4.79 Å². The minimum atomic E-state index is -0.822. The molecule has 0 atom stereocenters. The van der Waals surface area contributed by atoms with Crippen molar-refractivity contribution in [3.8, 4) is 5.75 Å². The molecule has 0 aliphatic carbocycles. The van der Waals surface area contributed by atoms with Crippen molar-refractivity contribution >= 4 is 29.3 Å². The predicted molar refractivity (Wildman–Crippen MR) is 75.1 cm³/mol. The van der Waals surface area contributed by atoms with E-state index in [0.29, 0.717) is 10.8 Å². The van der Waals surface area contributed by atoms with Gasteiger partial charge in [0.2, 0.25) is 0 Å². The summed E-state index contributed by atoms with van der Waals surface area (Å²) in [5.74, 6) is -0.184. The molecule has 1 aromatic rings. The van der Waals surface area contributed by atoms with E-state index in [1.54, 1.807) is 13.2 Å². The summed E-state index contributed by atoms with van der Waals surface area (Å²) >= 11 is 7.70. The minimum absolute atomic E-state index is 0.0590. The Morgan fingerprint density at radius 3 is 2.56 bits per heavy atom. The van der Waals surface area contributed by atoms with Crippen molar-refractivity contribution in [3.05, 3.63) is 22.7 Å². The van der Waals surface area contributed by atoms with Gasteiger partial charge in [0, 0.05) is 5.41 Å². The summed E-state index contributed by atoms with van der Waals surface area (Å²) in [5.41, 5.74) is 0.437. The van der Waals surface area contributed by atoms with E-state index in [2.05, 4.69) is 0 Å². The van der Waals surface area contributed by atoms with Crippen molar-refractivity contribution < 1.29 is 14.6 Å². The van der Waals surface area contributed by atoms with Crippen molar-refractivity contribution in [1.82, 2.24) is 0 Å². The fraction of sp³-hybridized carbons (Fsp3) is 0.462. The number of carbonyl (C=O) groups is 1. The maximum Gasteiger partial charge on any atom is 0.304 e. The minimum Gasteiger partial charge on any atom is -0.494 e. The van der Waals surface area contributed by atoms with Gasteiger partial charge in [0.05, 0.1) is 23.4 Å². The lowest BCUT2D eigenvalue weighted by Crippen LogP contribution is -2.21. The second kappa shape index (κ2) is 5.85. The van der Waals surface area contributed by atoms with Crippen LogP contribution in [0, 0.1) is 0 Å². The molecule has 1 aromatic carbocycles. The summed E-state index contributed by atoms with van der Waals surface area (Å²) in [4.78, 5) is 11.8. The van der Waals surface area contributed by atoms with Gasteiger partial charge in [0.1, 0.15) is 0 Å². The molecule has 1 N–H and O–H groups in total.